The highest BCUT2D eigenvalue weighted by molar-refractivity contribution is 5.88. The number of carbonyl (C=O) groups is 1. The van der Waals surface area contributed by atoms with Crippen LogP contribution in [0.1, 0.15) is 23.2 Å². The molecule has 0 atom stereocenters. The van der Waals surface area contributed by atoms with Crippen molar-refractivity contribution >= 4 is 11.7 Å². The van der Waals surface area contributed by atoms with E-state index in [0.717, 1.165) is 18.9 Å². The Morgan fingerprint density at radius 3 is 2.67 bits per heavy atom. The van der Waals surface area contributed by atoms with E-state index in [0.29, 0.717) is 11.7 Å². The minimum absolute atomic E-state index is 0.0135. The first-order valence-electron chi connectivity index (χ1n) is 4.85. The van der Waals surface area contributed by atoms with E-state index in [2.05, 4.69) is 0 Å². The summed E-state index contributed by atoms with van der Waals surface area (Å²) in [7, 11) is 1.83. The smallest absolute Gasteiger partial charge is 0.335 e. The van der Waals surface area contributed by atoms with Gasteiger partial charge in [0.2, 0.25) is 0 Å². The van der Waals surface area contributed by atoms with Crippen LogP contribution in [0.2, 0.25) is 0 Å². The molecule has 0 aliphatic heterocycles. The predicted octanol–water partition coefficient (Wildman–Crippen LogP) is 2.12. The van der Waals surface area contributed by atoms with E-state index in [9.17, 15) is 9.18 Å². The van der Waals surface area contributed by atoms with Crippen LogP contribution in [0.4, 0.5) is 10.1 Å². The van der Waals surface area contributed by atoms with Crippen LogP contribution in [0.3, 0.4) is 0 Å². The van der Waals surface area contributed by atoms with Gasteiger partial charge in [-0.2, -0.15) is 0 Å². The first-order chi connectivity index (χ1) is 7.09. The van der Waals surface area contributed by atoms with Crippen molar-refractivity contribution in [2.45, 2.75) is 18.9 Å². The van der Waals surface area contributed by atoms with Crippen LogP contribution in [-0.4, -0.2) is 24.2 Å². The van der Waals surface area contributed by atoms with Crippen molar-refractivity contribution in [2.24, 2.45) is 0 Å². The Morgan fingerprint density at radius 1 is 1.53 bits per heavy atom. The van der Waals surface area contributed by atoms with Crippen molar-refractivity contribution in [1.29, 1.82) is 0 Å². The van der Waals surface area contributed by atoms with Gasteiger partial charge >= 0.3 is 5.97 Å². The molecule has 1 aliphatic carbocycles. The first kappa shape index (κ1) is 9.96. The molecule has 0 unspecified atom stereocenters. The van der Waals surface area contributed by atoms with Crippen LogP contribution in [-0.2, 0) is 0 Å². The van der Waals surface area contributed by atoms with E-state index in [4.69, 9.17) is 5.11 Å². The fourth-order valence-electron chi connectivity index (χ4n) is 1.58. The van der Waals surface area contributed by atoms with Gasteiger partial charge in [0.25, 0.3) is 0 Å². The lowest BCUT2D eigenvalue weighted by Gasteiger charge is -2.19. The summed E-state index contributed by atoms with van der Waals surface area (Å²) >= 11 is 0. The maximum atomic E-state index is 13.5. The molecule has 0 radical (unpaired) electrons. The van der Waals surface area contributed by atoms with Gasteiger partial charge in [-0.1, -0.05) is 0 Å². The highest BCUT2D eigenvalue weighted by Crippen LogP contribution is 2.31. The summed E-state index contributed by atoms with van der Waals surface area (Å²) in [5.74, 6) is -1.57. The van der Waals surface area contributed by atoms with Crippen molar-refractivity contribution < 1.29 is 14.3 Å². The molecular formula is C11H12FNO2. The van der Waals surface area contributed by atoms with Gasteiger partial charge in [0.15, 0.2) is 0 Å². The minimum atomic E-state index is -1.10. The SMILES string of the molecule is CN(c1ccc(C(=O)O)cc1F)C1CC1. The molecule has 1 fully saturated rings. The summed E-state index contributed by atoms with van der Waals surface area (Å²) in [6, 6.07) is 4.43. The van der Waals surface area contributed by atoms with Crippen LogP contribution in [0, 0.1) is 5.82 Å². The molecule has 15 heavy (non-hydrogen) atoms. The first-order valence-corrected chi connectivity index (χ1v) is 4.85. The molecule has 1 aromatic rings. The maximum absolute atomic E-state index is 13.5. The molecule has 3 nitrogen and oxygen atoms in total. The van der Waals surface area contributed by atoms with Crippen LogP contribution < -0.4 is 4.90 Å². The number of nitrogens with zero attached hydrogens (tertiary/aromatic N) is 1. The van der Waals surface area contributed by atoms with Gasteiger partial charge in [0.1, 0.15) is 5.82 Å². The summed E-state index contributed by atoms with van der Waals surface area (Å²) in [5.41, 5.74) is 0.461. The summed E-state index contributed by atoms with van der Waals surface area (Å²) in [4.78, 5) is 12.5. The van der Waals surface area contributed by atoms with Crippen LogP contribution in [0.15, 0.2) is 18.2 Å². The number of anilines is 1. The van der Waals surface area contributed by atoms with E-state index >= 15 is 0 Å². The van der Waals surface area contributed by atoms with E-state index in [1.54, 1.807) is 0 Å². The molecule has 1 aliphatic rings. The predicted molar refractivity (Wildman–Crippen MR) is 54.8 cm³/mol. The van der Waals surface area contributed by atoms with E-state index in [1.807, 2.05) is 11.9 Å². The molecule has 1 N–H and O–H groups in total. The zero-order valence-corrected chi connectivity index (χ0v) is 8.40. The Balaban J connectivity index is 2.29. The molecule has 0 bridgehead atoms. The number of aromatic carboxylic acids is 1. The average molecular weight is 209 g/mol. The van der Waals surface area contributed by atoms with Crippen LogP contribution >= 0.6 is 0 Å². The second kappa shape index (κ2) is 3.53. The molecule has 2 rings (SSSR count). The molecule has 1 saturated carbocycles. The summed E-state index contributed by atoms with van der Waals surface area (Å²) in [6.07, 6.45) is 2.16. The third kappa shape index (κ3) is 1.93. The van der Waals surface area contributed by atoms with Crippen molar-refractivity contribution in [1.82, 2.24) is 0 Å². The summed E-state index contributed by atoms with van der Waals surface area (Å²) < 4.78 is 13.5. The van der Waals surface area contributed by atoms with Gasteiger partial charge in [-0.3, -0.25) is 0 Å². The van der Waals surface area contributed by atoms with E-state index < -0.39 is 11.8 Å². The molecule has 0 aromatic heterocycles. The molecule has 0 spiro atoms. The summed E-state index contributed by atoms with van der Waals surface area (Å²) in [6.45, 7) is 0. The zero-order valence-electron chi connectivity index (χ0n) is 8.40. The lowest BCUT2D eigenvalue weighted by Crippen LogP contribution is -2.20. The van der Waals surface area contributed by atoms with Crippen molar-refractivity contribution in [3.05, 3.63) is 29.6 Å². The second-order valence-corrected chi connectivity index (χ2v) is 3.81. The molecule has 4 heteroatoms. The standard InChI is InChI=1S/C11H12FNO2/c1-13(8-3-4-8)10-5-2-7(11(14)15)6-9(10)12/h2,5-6,8H,3-4H2,1H3,(H,14,15). The monoisotopic (exact) mass is 209 g/mol. The summed E-state index contributed by atoms with van der Waals surface area (Å²) in [5, 5.41) is 8.68. The number of halogens is 1. The van der Waals surface area contributed by atoms with Crippen molar-refractivity contribution in [3.8, 4) is 0 Å². The molecule has 1 aromatic carbocycles. The number of carboxylic acid groups (broad SMARTS) is 1. The van der Waals surface area contributed by atoms with Crippen LogP contribution in [0.5, 0.6) is 0 Å². The van der Waals surface area contributed by atoms with Gasteiger partial charge in [-0.15, -0.1) is 0 Å². The lowest BCUT2D eigenvalue weighted by atomic mass is 10.2. The molecule has 80 valence electrons. The van der Waals surface area contributed by atoms with Crippen LogP contribution in [0.25, 0.3) is 0 Å². The number of hydrogen-bond acceptors (Lipinski definition) is 2. The topological polar surface area (TPSA) is 40.5 Å². The Bertz CT molecular complexity index is 402. The largest absolute Gasteiger partial charge is 0.478 e. The fraction of sp³-hybridized carbons (Fsp3) is 0.364. The molecular weight excluding hydrogens is 197 g/mol. The lowest BCUT2D eigenvalue weighted by molar-refractivity contribution is 0.0696. The zero-order chi connectivity index (χ0) is 11.0. The van der Waals surface area contributed by atoms with Gasteiger partial charge < -0.3 is 10.0 Å². The van der Waals surface area contributed by atoms with Gasteiger partial charge in [0.05, 0.1) is 11.3 Å². The maximum Gasteiger partial charge on any atom is 0.335 e. The Morgan fingerprint density at radius 2 is 2.20 bits per heavy atom. The number of carboxylic acids is 1. The van der Waals surface area contributed by atoms with Gasteiger partial charge in [-0.25, -0.2) is 9.18 Å². The highest BCUT2D eigenvalue weighted by Gasteiger charge is 2.28. The second-order valence-electron chi connectivity index (χ2n) is 3.81. The molecule has 0 heterocycles. The Labute approximate surface area is 87.1 Å². The highest BCUT2D eigenvalue weighted by atomic mass is 19.1. The average Bonchev–Trinajstić information content (AvgIpc) is 2.99. The Kier molecular flexibility index (Phi) is 2.34. The normalized spacial score (nSPS) is 15.1. The molecule has 0 amide bonds. The van der Waals surface area contributed by atoms with E-state index in [1.165, 1.54) is 12.1 Å². The number of hydrogen-bond donors (Lipinski definition) is 1. The number of rotatable bonds is 3. The molecule has 0 saturated heterocycles. The number of benzene rings is 1. The van der Waals surface area contributed by atoms with E-state index in [-0.39, 0.29) is 5.56 Å². The minimum Gasteiger partial charge on any atom is -0.478 e. The quantitative estimate of drug-likeness (QED) is 0.828. The third-order valence-corrected chi connectivity index (χ3v) is 2.67. The van der Waals surface area contributed by atoms with Crippen molar-refractivity contribution in [2.75, 3.05) is 11.9 Å². The van der Waals surface area contributed by atoms with Gasteiger partial charge in [0, 0.05) is 13.1 Å². The fourth-order valence-corrected chi connectivity index (χ4v) is 1.58. The van der Waals surface area contributed by atoms with Crippen molar-refractivity contribution in [3.63, 3.8) is 0 Å². The third-order valence-electron chi connectivity index (χ3n) is 2.67. The Hall–Kier alpha value is -1.58. The van der Waals surface area contributed by atoms with Gasteiger partial charge in [-0.05, 0) is 31.0 Å².